The molecule has 4 rings (SSSR count). The van der Waals surface area contributed by atoms with Gasteiger partial charge in [-0.3, -0.25) is 10.3 Å². The third kappa shape index (κ3) is 6.12. The maximum Gasteiger partial charge on any atom is 0.324 e. The molecule has 0 bridgehead atoms. The van der Waals surface area contributed by atoms with Gasteiger partial charge < -0.3 is 20.3 Å². The summed E-state index contributed by atoms with van der Waals surface area (Å²) in [6.45, 7) is 5.42. The SMILES string of the molecule is CN1CCC(CN2CC(COCc3ccccc3)CN(c3cccc(C(=N)N)c3)C2=O)CC1. The highest BCUT2D eigenvalue weighted by Crippen LogP contribution is 2.26. The van der Waals surface area contributed by atoms with Crippen molar-refractivity contribution in [2.75, 3.05) is 51.3 Å². The zero-order valence-corrected chi connectivity index (χ0v) is 19.5. The molecule has 0 aromatic heterocycles. The zero-order valence-electron chi connectivity index (χ0n) is 19.5. The number of anilines is 1. The lowest BCUT2D eigenvalue weighted by Gasteiger charge is -2.42. The maximum absolute atomic E-state index is 13.5. The number of nitrogens with one attached hydrogen (secondary N) is 1. The first-order valence-corrected chi connectivity index (χ1v) is 11.8. The highest BCUT2D eigenvalue weighted by Gasteiger charge is 2.34. The molecule has 0 saturated carbocycles. The Hall–Kier alpha value is -2.90. The van der Waals surface area contributed by atoms with E-state index < -0.39 is 0 Å². The molecule has 7 nitrogen and oxygen atoms in total. The molecule has 2 fully saturated rings. The molecule has 176 valence electrons. The second-order valence-corrected chi connectivity index (χ2v) is 9.38. The number of piperidine rings is 1. The number of carbonyl (C=O) groups is 1. The van der Waals surface area contributed by atoms with Crippen molar-refractivity contribution in [3.63, 3.8) is 0 Å². The van der Waals surface area contributed by atoms with E-state index in [1.54, 1.807) is 6.07 Å². The summed E-state index contributed by atoms with van der Waals surface area (Å²) in [6.07, 6.45) is 2.24. The Morgan fingerprint density at radius 3 is 2.55 bits per heavy atom. The maximum atomic E-state index is 13.5. The van der Waals surface area contributed by atoms with Crippen LogP contribution >= 0.6 is 0 Å². The molecule has 2 saturated heterocycles. The van der Waals surface area contributed by atoms with Crippen molar-refractivity contribution in [3.05, 3.63) is 65.7 Å². The number of hydrogen-bond donors (Lipinski definition) is 2. The number of hydrogen-bond acceptors (Lipinski definition) is 4. The van der Waals surface area contributed by atoms with Crippen molar-refractivity contribution >= 4 is 17.6 Å². The lowest BCUT2D eigenvalue weighted by atomic mass is 9.95. The van der Waals surface area contributed by atoms with Crippen molar-refractivity contribution in [2.45, 2.75) is 19.4 Å². The summed E-state index contributed by atoms with van der Waals surface area (Å²) in [6, 6.07) is 17.6. The lowest BCUT2D eigenvalue weighted by Crippen LogP contribution is -2.56. The Kier molecular flexibility index (Phi) is 7.62. The molecule has 7 heteroatoms. The van der Waals surface area contributed by atoms with Crippen LogP contribution in [0.5, 0.6) is 0 Å². The van der Waals surface area contributed by atoms with Gasteiger partial charge in [0.25, 0.3) is 0 Å². The van der Waals surface area contributed by atoms with Gasteiger partial charge in [0, 0.05) is 36.8 Å². The largest absolute Gasteiger partial charge is 0.384 e. The summed E-state index contributed by atoms with van der Waals surface area (Å²) in [7, 11) is 2.16. The summed E-state index contributed by atoms with van der Waals surface area (Å²) in [5.74, 6) is 0.741. The molecule has 2 aromatic carbocycles. The minimum Gasteiger partial charge on any atom is -0.384 e. The first kappa shape index (κ1) is 23.3. The van der Waals surface area contributed by atoms with Crippen molar-refractivity contribution < 1.29 is 9.53 Å². The Balaban J connectivity index is 1.47. The number of nitrogens with zero attached hydrogens (tertiary/aromatic N) is 3. The molecule has 1 atom stereocenters. The fraction of sp³-hybridized carbons (Fsp3) is 0.462. The van der Waals surface area contributed by atoms with Gasteiger partial charge in [0.2, 0.25) is 0 Å². The van der Waals surface area contributed by atoms with Crippen molar-refractivity contribution in [3.8, 4) is 0 Å². The predicted molar refractivity (Wildman–Crippen MR) is 132 cm³/mol. The van der Waals surface area contributed by atoms with Crippen molar-refractivity contribution in [1.29, 1.82) is 5.41 Å². The quantitative estimate of drug-likeness (QED) is 0.478. The normalized spacial score (nSPS) is 20.3. The summed E-state index contributed by atoms with van der Waals surface area (Å²) in [5.41, 5.74) is 8.27. The van der Waals surface area contributed by atoms with E-state index in [-0.39, 0.29) is 17.8 Å². The van der Waals surface area contributed by atoms with Gasteiger partial charge in [-0.25, -0.2) is 4.79 Å². The van der Waals surface area contributed by atoms with Gasteiger partial charge in [0.15, 0.2) is 0 Å². The third-order valence-electron chi connectivity index (χ3n) is 6.67. The average Bonchev–Trinajstić information content (AvgIpc) is 2.83. The van der Waals surface area contributed by atoms with E-state index in [0.29, 0.717) is 37.8 Å². The van der Waals surface area contributed by atoms with Crippen LogP contribution in [0.25, 0.3) is 0 Å². The fourth-order valence-corrected chi connectivity index (χ4v) is 4.74. The molecule has 2 amide bonds. The van der Waals surface area contributed by atoms with Crippen LogP contribution in [0.4, 0.5) is 10.5 Å². The Labute approximate surface area is 196 Å². The van der Waals surface area contributed by atoms with E-state index in [4.69, 9.17) is 15.9 Å². The Morgan fingerprint density at radius 2 is 1.82 bits per heavy atom. The first-order chi connectivity index (χ1) is 16.0. The summed E-state index contributed by atoms with van der Waals surface area (Å²) >= 11 is 0. The smallest absolute Gasteiger partial charge is 0.324 e. The van der Waals surface area contributed by atoms with Gasteiger partial charge in [0.1, 0.15) is 5.84 Å². The number of carbonyl (C=O) groups excluding carboxylic acids is 1. The second kappa shape index (κ2) is 10.8. The molecule has 33 heavy (non-hydrogen) atoms. The van der Waals surface area contributed by atoms with E-state index in [9.17, 15) is 4.79 Å². The van der Waals surface area contributed by atoms with Gasteiger partial charge in [0.05, 0.1) is 13.2 Å². The molecule has 3 N–H and O–H groups in total. The van der Waals surface area contributed by atoms with Gasteiger partial charge in [-0.1, -0.05) is 42.5 Å². The molecule has 1 unspecified atom stereocenters. The molecular formula is C26H35N5O2. The second-order valence-electron chi connectivity index (χ2n) is 9.38. The van der Waals surface area contributed by atoms with Gasteiger partial charge in [-0.05, 0) is 56.6 Å². The third-order valence-corrected chi connectivity index (χ3v) is 6.67. The minimum atomic E-state index is 0.00670. The van der Waals surface area contributed by atoms with Crippen LogP contribution in [-0.2, 0) is 11.3 Å². The molecule has 0 aliphatic carbocycles. The summed E-state index contributed by atoms with van der Waals surface area (Å²) in [4.78, 5) is 19.7. The summed E-state index contributed by atoms with van der Waals surface area (Å²) < 4.78 is 6.07. The lowest BCUT2D eigenvalue weighted by molar-refractivity contribution is 0.0653. The van der Waals surface area contributed by atoms with Crippen molar-refractivity contribution in [2.24, 2.45) is 17.6 Å². The zero-order chi connectivity index (χ0) is 23.2. The monoisotopic (exact) mass is 449 g/mol. The number of amides is 2. The van der Waals surface area contributed by atoms with E-state index in [0.717, 1.165) is 43.7 Å². The molecule has 2 aliphatic heterocycles. The van der Waals surface area contributed by atoms with Crippen LogP contribution in [0.1, 0.15) is 24.0 Å². The highest BCUT2D eigenvalue weighted by atomic mass is 16.5. The minimum absolute atomic E-state index is 0.00670. The number of ether oxygens (including phenoxy) is 1. The van der Waals surface area contributed by atoms with E-state index in [2.05, 4.69) is 24.1 Å². The number of urea groups is 1. The van der Waals surface area contributed by atoms with E-state index >= 15 is 0 Å². The molecule has 2 heterocycles. The van der Waals surface area contributed by atoms with Crippen molar-refractivity contribution in [1.82, 2.24) is 9.80 Å². The predicted octanol–water partition coefficient (Wildman–Crippen LogP) is 3.39. The molecule has 0 spiro atoms. The topological polar surface area (TPSA) is 85.9 Å². The number of amidine groups is 1. The van der Waals surface area contributed by atoms with Gasteiger partial charge >= 0.3 is 6.03 Å². The number of rotatable bonds is 8. The van der Waals surface area contributed by atoms with E-state index in [1.165, 1.54) is 0 Å². The standard InChI is InChI=1S/C26H35N5O2/c1-29-12-10-20(11-13-29)15-30-16-22(19-33-18-21-6-3-2-4-7-21)17-31(26(30)32)24-9-5-8-23(14-24)25(27)28/h2-9,14,20,22H,10-13,15-19H2,1H3,(H3,27,28). The molecule has 2 aliphatic rings. The average molecular weight is 450 g/mol. The van der Waals surface area contributed by atoms with Crippen LogP contribution in [0.15, 0.2) is 54.6 Å². The van der Waals surface area contributed by atoms with Crippen LogP contribution in [0.3, 0.4) is 0 Å². The van der Waals surface area contributed by atoms with Crippen LogP contribution in [0.2, 0.25) is 0 Å². The number of nitrogen functional groups attached to an aromatic ring is 1. The summed E-state index contributed by atoms with van der Waals surface area (Å²) in [5, 5.41) is 7.77. The van der Waals surface area contributed by atoms with Crippen LogP contribution in [-0.4, -0.2) is 68.0 Å². The Morgan fingerprint density at radius 1 is 1.06 bits per heavy atom. The van der Waals surface area contributed by atoms with Crippen LogP contribution in [0, 0.1) is 17.2 Å². The Bertz CT molecular complexity index is 943. The highest BCUT2D eigenvalue weighted by molar-refractivity contribution is 5.98. The van der Waals surface area contributed by atoms with E-state index in [1.807, 2.05) is 46.2 Å². The molecular weight excluding hydrogens is 414 g/mol. The number of likely N-dealkylation sites (tertiary alicyclic amines) is 1. The molecule has 0 radical (unpaired) electrons. The first-order valence-electron chi connectivity index (χ1n) is 11.8. The van der Waals surface area contributed by atoms with Gasteiger partial charge in [-0.2, -0.15) is 0 Å². The fourth-order valence-electron chi connectivity index (χ4n) is 4.74. The van der Waals surface area contributed by atoms with Gasteiger partial charge in [-0.15, -0.1) is 0 Å². The number of nitrogens with two attached hydrogens (primary N) is 1. The number of benzene rings is 2. The van der Waals surface area contributed by atoms with Crippen LogP contribution < -0.4 is 10.6 Å². The molecule has 2 aromatic rings.